The van der Waals surface area contributed by atoms with Gasteiger partial charge in [0.05, 0.1) is 0 Å². The Balaban J connectivity index is 1.49. The Morgan fingerprint density at radius 2 is 0.925 bits per heavy atom. The molecule has 0 aliphatic heterocycles. The van der Waals surface area contributed by atoms with Crippen LogP contribution in [0.15, 0.2) is 146 Å². The van der Waals surface area contributed by atoms with Crippen molar-refractivity contribution < 1.29 is 0 Å². The number of hydrogen-bond acceptors (Lipinski definition) is 0. The minimum Gasteiger partial charge on any atom is -0.0760 e. The summed E-state index contributed by atoms with van der Waals surface area (Å²) in [5.41, 5.74) is 5.56. The van der Waals surface area contributed by atoms with E-state index in [0.29, 0.717) is 0 Å². The van der Waals surface area contributed by atoms with Crippen LogP contribution in [-0.4, -0.2) is 0 Å². The fourth-order valence-electron chi connectivity index (χ4n) is 7.57. The number of rotatable bonds is 2. The number of hydrogen-bond donors (Lipinski definition) is 0. The summed E-state index contributed by atoms with van der Waals surface area (Å²) in [7, 11) is 0. The third-order valence-corrected chi connectivity index (χ3v) is 9.19. The predicted octanol–water partition coefficient (Wildman–Crippen LogP) is 8.51. The molecule has 0 spiro atoms. The first-order chi connectivity index (χ1) is 19.9. The van der Waals surface area contributed by atoms with E-state index in [-0.39, 0.29) is 11.8 Å². The van der Waals surface area contributed by atoms with Crippen molar-refractivity contribution in [2.45, 2.75) is 0 Å². The molecule has 0 nitrogen and oxygen atoms in total. The molecular weight excluding hydrogens is 480 g/mol. The highest BCUT2D eigenvalue weighted by atomic mass is 14.4. The molecule has 0 saturated heterocycles. The minimum absolute atomic E-state index is 0.250. The topological polar surface area (TPSA) is 0 Å². The van der Waals surface area contributed by atoms with Crippen molar-refractivity contribution in [2.75, 3.05) is 0 Å². The van der Waals surface area contributed by atoms with E-state index in [2.05, 4.69) is 146 Å². The first-order valence-corrected chi connectivity index (χ1v) is 14.2. The van der Waals surface area contributed by atoms with Crippen LogP contribution in [0.5, 0.6) is 0 Å². The molecule has 0 bridgehead atoms. The molecule has 7 aromatic carbocycles. The summed E-state index contributed by atoms with van der Waals surface area (Å²) in [6.07, 6.45) is 9.35. The van der Waals surface area contributed by atoms with Gasteiger partial charge >= 0.3 is 0 Å². The second-order valence-electron chi connectivity index (χ2n) is 11.2. The molecule has 0 heterocycles. The average molecular weight is 507 g/mol. The van der Waals surface area contributed by atoms with E-state index >= 15 is 0 Å². The Hall–Kier alpha value is -4.94. The Kier molecular flexibility index (Phi) is 4.54. The Labute approximate surface area is 232 Å². The van der Waals surface area contributed by atoms with E-state index in [1.54, 1.807) is 0 Å². The quantitative estimate of drug-likeness (QED) is 0.206. The highest BCUT2D eigenvalue weighted by Crippen LogP contribution is 2.45. The lowest BCUT2D eigenvalue weighted by Crippen LogP contribution is -2.40. The molecule has 0 aromatic heterocycles. The van der Waals surface area contributed by atoms with E-state index in [9.17, 15) is 0 Å². The standard InChI is InChI=1S/C40H26/c1-2-15-29-25(10-1)11-8-20-30(29)39-31-16-3-5-18-33(31)40(34-19-6-4-17-32(34)39)36-24-28-14-7-12-26-22-23-27-13-9-21-35(36)38(27)37(26)28/h1-24,31,33H. The lowest BCUT2D eigenvalue weighted by atomic mass is 9.69. The van der Waals surface area contributed by atoms with Crippen LogP contribution in [0.1, 0.15) is 11.1 Å². The molecule has 7 aromatic rings. The Morgan fingerprint density at radius 3 is 1.73 bits per heavy atom. The van der Waals surface area contributed by atoms with Crippen LogP contribution in [0, 0.1) is 11.8 Å². The third-order valence-electron chi connectivity index (χ3n) is 9.19. The number of allylic oxidation sites excluding steroid dienone is 4. The zero-order chi connectivity index (χ0) is 26.2. The Bertz CT molecular complexity index is 2320. The highest BCUT2D eigenvalue weighted by molar-refractivity contribution is 6.25. The summed E-state index contributed by atoms with van der Waals surface area (Å²) in [5.74, 6) is 0.508. The van der Waals surface area contributed by atoms with Gasteiger partial charge in [0.2, 0.25) is 0 Å². The smallest absolute Gasteiger partial charge is 0.0137 e. The molecule has 40 heavy (non-hydrogen) atoms. The van der Waals surface area contributed by atoms with Crippen LogP contribution < -0.4 is 10.4 Å². The van der Waals surface area contributed by atoms with Gasteiger partial charge in [-0.1, -0.05) is 140 Å². The molecule has 2 atom stereocenters. The lowest BCUT2D eigenvalue weighted by molar-refractivity contribution is 0.688. The predicted molar refractivity (Wildman–Crippen MR) is 170 cm³/mol. The molecule has 0 radical (unpaired) electrons. The van der Waals surface area contributed by atoms with Crippen LogP contribution in [0.4, 0.5) is 0 Å². The van der Waals surface area contributed by atoms with Crippen LogP contribution >= 0.6 is 0 Å². The average Bonchev–Trinajstić information content (AvgIpc) is 3.02. The largest absolute Gasteiger partial charge is 0.0760 e. The van der Waals surface area contributed by atoms with E-state index < -0.39 is 0 Å². The van der Waals surface area contributed by atoms with Crippen molar-refractivity contribution in [1.29, 1.82) is 0 Å². The van der Waals surface area contributed by atoms with Gasteiger partial charge in [0, 0.05) is 11.8 Å². The van der Waals surface area contributed by atoms with Gasteiger partial charge in [-0.2, -0.15) is 0 Å². The fourth-order valence-corrected chi connectivity index (χ4v) is 7.57. The van der Waals surface area contributed by atoms with Crippen LogP contribution in [-0.2, 0) is 0 Å². The van der Waals surface area contributed by atoms with Crippen LogP contribution in [0.2, 0.25) is 0 Å². The zero-order valence-corrected chi connectivity index (χ0v) is 22.0. The third kappa shape index (κ3) is 2.96. The number of fused-ring (bicyclic) bond motifs is 3. The van der Waals surface area contributed by atoms with Crippen LogP contribution in [0.25, 0.3) is 54.2 Å². The van der Waals surface area contributed by atoms with Gasteiger partial charge < -0.3 is 0 Å². The first kappa shape index (κ1) is 21.9. The van der Waals surface area contributed by atoms with Crippen molar-refractivity contribution in [3.63, 3.8) is 0 Å². The highest BCUT2D eigenvalue weighted by Gasteiger charge is 2.33. The van der Waals surface area contributed by atoms with E-state index in [1.807, 2.05) is 0 Å². The molecule has 2 aliphatic carbocycles. The SMILES string of the molecule is C1=CC2C(c3cccc4ccccc34)=c3ccccc3=C(c3cc4cccc5ccc6cccc3c6c54)C2C=C1. The van der Waals surface area contributed by atoms with Gasteiger partial charge in [-0.3, -0.25) is 0 Å². The lowest BCUT2D eigenvalue weighted by Gasteiger charge is -2.34. The molecule has 0 N–H and O–H groups in total. The second kappa shape index (κ2) is 8.28. The van der Waals surface area contributed by atoms with Crippen molar-refractivity contribution in [3.05, 3.63) is 167 Å². The van der Waals surface area contributed by atoms with Crippen molar-refractivity contribution in [1.82, 2.24) is 0 Å². The van der Waals surface area contributed by atoms with Crippen LogP contribution in [0.3, 0.4) is 0 Å². The van der Waals surface area contributed by atoms with Crippen molar-refractivity contribution >= 4 is 54.2 Å². The summed E-state index contributed by atoms with van der Waals surface area (Å²) in [6, 6.07) is 45.2. The van der Waals surface area contributed by atoms with E-state index in [4.69, 9.17) is 0 Å². The maximum atomic E-state index is 2.46. The summed E-state index contributed by atoms with van der Waals surface area (Å²) >= 11 is 0. The molecular formula is C40H26. The van der Waals surface area contributed by atoms with Gasteiger partial charge in [-0.25, -0.2) is 0 Å². The summed E-state index contributed by atoms with van der Waals surface area (Å²) < 4.78 is 0. The zero-order valence-electron chi connectivity index (χ0n) is 22.0. The first-order valence-electron chi connectivity index (χ1n) is 14.2. The monoisotopic (exact) mass is 506 g/mol. The molecule has 0 saturated carbocycles. The van der Waals surface area contributed by atoms with E-state index in [0.717, 1.165) is 0 Å². The van der Waals surface area contributed by atoms with Gasteiger partial charge in [0.1, 0.15) is 0 Å². The Morgan fingerprint density at radius 1 is 0.375 bits per heavy atom. The maximum absolute atomic E-state index is 2.46. The molecule has 0 fully saturated rings. The molecule has 0 heteroatoms. The molecule has 0 amide bonds. The molecule has 186 valence electrons. The minimum atomic E-state index is 0.250. The van der Waals surface area contributed by atoms with Gasteiger partial charge in [0.15, 0.2) is 0 Å². The summed E-state index contributed by atoms with van der Waals surface area (Å²) in [6.45, 7) is 0. The summed E-state index contributed by atoms with van der Waals surface area (Å²) in [4.78, 5) is 0. The molecule has 9 rings (SSSR count). The van der Waals surface area contributed by atoms with E-state index in [1.165, 1.54) is 75.8 Å². The fraction of sp³-hybridized carbons (Fsp3) is 0.0500. The number of benzene rings is 7. The van der Waals surface area contributed by atoms with Crippen molar-refractivity contribution in [3.8, 4) is 0 Å². The molecule has 2 aliphatic rings. The van der Waals surface area contributed by atoms with Gasteiger partial charge in [-0.05, 0) is 81.9 Å². The summed E-state index contributed by atoms with van der Waals surface area (Å²) in [5, 5.41) is 13.4. The van der Waals surface area contributed by atoms with Gasteiger partial charge in [0.25, 0.3) is 0 Å². The van der Waals surface area contributed by atoms with Crippen molar-refractivity contribution in [2.24, 2.45) is 11.8 Å². The maximum Gasteiger partial charge on any atom is 0.0137 e. The normalized spacial score (nSPS) is 18.2. The van der Waals surface area contributed by atoms with Gasteiger partial charge in [-0.15, -0.1) is 0 Å². The molecule has 2 unspecified atom stereocenters. The second-order valence-corrected chi connectivity index (χ2v) is 11.2.